The smallest absolute Gasteiger partial charge is 0.420 e. The normalized spacial score (nSPS) is 11.2. The molecule has 0 atom stereocenters. The van der Waals surface area contributed by atoms with Gasteiger partial charge in [0, 0.05) is 0 Å². The first-order chi connectivity index (χ1) is 9.49. The Kier molecular flexibility index (Phi) is 6.32. The van der Waals surface area contributed by atoms with Gasteiger partial charge in [0.05, 0.1) is 23.8 Å². The van der Waals surface area contributed by atoms with Crippen molar-refractivity contribution in [3.8, 4) is 11.8 Å². The fourth-order valence-electron chi connectivity index (χ4n) is 1.63. The van der Waals surface area contributed by atoms with Crippen molar-refractivity contribution in [2.75, 3.05) is 19.7 Å². The van der Waals surface area contributed by atoms with Gasteiger partial charge in [-0.05, 0) is 44.1 Å². The quantitative estimate of drug-likeness (QED) is 0.782. The third kappa shape index (κ3) is 5.10. The van der Waals surface area contributed by atoms with Crippen LogP contribution in [0.5, 0.6) is 5.75 Å². The van der Waals surface area contributed by atoms with Crippen LogP contribution < -0.4 is 10.1 Å². The molecular formula is C14H17F3N2O. The van der Waals surface area contributed by atoms with Crippen molar-refractivity contribution in [1.29, 1.82) is 5.26 Å². The Labute approximate surface area is 116 Å². The maximum absolute atomic E-state index is 12.8. The van der Waals surface area contributed by atoms with Crippen LogP contribution >= 0.6 is 0 Å². The number of nitrogens with one attached hydrogen (secondary N) is 1. The largest absolute Gasteiger partial charge is 0.493 e. The first kappa shape index (κ1) is 16.3. The van der Waals surface area contributed by atoms with E-state index in [9.17, 15) is 13.2 Å². The average Bonchev–Trinajstić information content (AvgIpc) is 2.41. The van der Waals surface area contributed by atoms with E-state index in [4.69, 9.17) is 10.00 Å². The van der Waals surface area contributed by atoms with E-state index >= 15 is 0 Å². The van der Waals surface area contributed by atoms with E-state index in [0.717, 1.165) is 19.0 Å². The summed E-state index contributed by atoms with van der Waals surface area (Å²) in [5.41, 5.74) is -0.938. The molecule has 0 amide bonds. The molecule has 20 heavy (non-hydrogen) atoms. The number of benzene rings is 1. The van der Waals surface area contributed by atoms with Crippen molar-refractivity contribution in [1.82, 2.24) is 5.32 Å². The van der Waals surface area contributed by atoms with E-state index in [2.05, 4.69) is 5.32 Å². The standard InChI is InChI=1S/C14H17F3N2O/c1-2-6-19-7-3-8-20-13-5-4-11(10-18)9-12(13)14(15,16)17/h4-5,9,19H,2-3,6-8H2,1H3. The van der Waals surface area contributed by atoms with Gasteiger partial charge in [-0.3, -0.25) is 0 Å². The first-order valence-electron chi connectivity index (χ1n) is 6.44. The van der Waals surface area contributed by atoms with E-state index < -0.39 is 11.7 Å². The molecule has 1 rings (SSSR count). The van der Waals surface area contributed by atoms with Gasteiger partial charge in [-0.15, -0.1) is 0 Å². The van der Waals surface area contributed by atoms with E-state index in [-0.39, 0.29) is 17.9 Å². The van der Waals surface area contributed by atoms with E-state index in [1.165, 1.54) is 12.1 Å². The van der Waals surface area contributed by atoms with Crippen LogP contribution in [0, 0.1) is 11.3 Å². The number of hydrogen-bond donors (Lipinski definition) is 1. The monoisotopic (exact) mass is 286 g/mol. The lowest BCUT2D eigenvalue weighted by molar-refractivity contribution is -0.139. The fourth-order valence-corrected chi connectivity index (χ4v) is 1.63. The molecule has 6 heteroatoms. The highest BCUT2D eigenvalue weighted by atomic mass is 19.4. The second-order valence-corrected chi connectivity index (χ2v) is 4.27. The minimum Gasteiger partial charge on any atom is -0.493 e. The first-order valence-corrected chi connectivity index (χ1v) is 6.44. The van der Waals surface area contributed by atoms with Crippen molar-refractivity contribution >= 4 is 0 Å². The van der Waals surface area contributed by atoms with Crippen molar-refractivity contribution in [3.05, 3.63) is 29.3 Å². The van der Waals surface area contributed by atoms with Gasteiger partial charge in [-0.2, -0.15) is 18.4 Å². The average molecular weight is 286 g/mol. The minimum absolute atomic E-state index is 0.0331. The van der Waals surface area contributed by atoms with Gasteiger partial charge in [0.25, 0.3) is 0 Å². The molecule has 0 heterocycles. The molecule has 0 radical (unpaired) electrons. The minimum atomic E-state index is -4.53. The van der Waals surface area contributed by atoms with E-state index in [0.29, 0.717) is 13.0 Å². The molecule has 0 aliphatic carbocycles. The van der Waals surface area contributed by atoms with Crippen LogP contribution in [0.2, 0.25) is 0 Å². The van der Waals surface area contributed by atoms with Gasteiger partial charge < -0.3 is 10.1 Å². The van der Waals surface area contributed by atoms with E-state index in [1.807, 2.05) is 6.92 Å². The molecule has 3 nitrogen and oxygen atoms in total. The molecule has 1 N–H and O–H groups in total. The highest BCUT2D eigenvalue weighted by molar-refractivity contribution is 5.43. The van der Waals surface area contributed by atoms with Gasteiger partial charge in [-0.1, -0.05) is 6.92 Å². The summed E-state index contributed by atoms with van der Waals surface area (Å²) in [5, 5.41) is 11.8. The summed E-state index contributed by atoms with van der Waals surface area (Å²) < 4.78 is 43.7. The number of nitriles is 1. The van der Waals surface area contributed by atoms with Crippen LogP contribution in [0.25, 0.3) is 0 Å². The summed E-state index contributed by atoms with van der Waals surface area (Å²) in [4.78, 5) is 0. The Morgan fingerprint density at radius 3 is 2.65 bits per heavy atom. The second kappa shape index (κ2) is 7.75. The van der Waals surface area contributed by atoms with Gasteiger partial charge in [0.15, 0.2) is 0 Å². The zero-order chi connectivity index (χ0) is 15.0. The molecule has 0 aliphatic heterocycles. The predicted octanol–water partition coefficient (Wildman–Crippen LogP) is 3.35. The van der Waals surface area contributed by atoms with Gasteiger partial charge >= 0.3 is 6.18 Å². The van der Waals surface area contributed by atoms with Crippen molar-refractivity contribution in [3.63, 3.8) is 0 Å². The fraction of sp³-hybridized carbons (Fsp3) is 0.500. The summed E-state index contributed by atoms with van der Waals surface area (Å²) in [5.74, 6) is -0.230. The van der Waals surface area contributed by atoms with Gasteiger partial charge in [0.2, 0.25) is 0 Å². The topological polar surface area (TPSA) is 45.0 Å². The SMILES string of the molecule is CCCNCCCOc1ccc(C#N)cc1C(F)(F)F. The number of hydrogen-bond acceptors (Lipinski definition) is 3. The molecule has 0 saturated carbocycles. The molecule has 1 aromatic rings. The number of halogens is 3. The van der Waals surface area contributed by atoms with E-state index in [1.54, 1.807) is 6.07 Å². The van der Waals surface area contributed by atoms with Crippen LogP contribution in [0.15, 0.2) is 18.2 Å². The molecule has 0 unspecified atom stereocenters. The van der Waals surface area contributed by atoms with Crippen LogP contribution in [0.1, 0.15) is 30.9 Å². The molecule has 110 valence electrons. The molecule has 0 saturated heterocycles. The highest BCUT2D eigenvalue weighted by Gasteiger charge is 2.34. The van der Waals surface area contributed by atoms with Crippen molar-refractivity contribution < 1.29 is 17.9 Å². The third-order valence-corrected chi connectivity index (χ3v) is 2.60. The Bertz CT molecular complexity index is 466. The maximum atomic E-state index is 12.8. The van der Waals surface area contributed by atoms with Crippen LogP contribution in [-0.4, -0.2) is 19.7 Å². The van der Waals surface area contributed by atoms with Crippen molar-refractivity contribution in [2.45, 2.75) is 25.9 Å². The lowest BCUT2D eigenvalue weighted by atomic mass is 10.1. The maximum Gasteiger partial charge on any atom is 0.420 e. The molecule has 0 aliphatic rings. The zero-order valence-corrected chi connectivity index (χ0v) is 11.3. The molecule has 0 aromatic heterocycles. The lowest BCUT2D eigenvalue weighted by Crippen LogP contribution is -2.18. The Hall–Kier alpha value is -1.74. The molecular weight excluding hydrogens is 269 g/mol. The Morgan fingerprint density at radius 1 is 1.30 bits per heavy atom. The van der Waals surface area contributed by atoms with Crippen LogP contribution in [0.3, 0.4) is 0 Å². The van der Waals surface area contributed by atoms with Gasteiger partial charge in [-0.25, -0.2) is 0 Å². The summed E-state index contributed by atoms with van der Waals surface area (Å²) in [7, 11) is 0. The summed E-state index contributed by atoms with van der Waals surface area (Å²) in [6.45, 7) is 3.82. The highest BCUT2D eigenvalue weighted by Crippen LogP contribution is 2.36. The third-order valence-electron chi connectivity index (χ3n) is 2.60. The van der Waals surface area contributed by atoms with Gasteiger partial charge in [0.1, 0.15) is 5.75 Å². The number of rotatable bonds is 7. The van der Waals surface area contributed by atoms with Crippen LogP contribution in [0.4, 0.5) is 13.2 Å². The lowest BCUT2D eigenvalue weighted by Gasteiger charge is -2.14. The molecule has 1 aromatic carbocycles. The summed E-state index contributed by atoms with van der Waals surface area (Å²) in [6, 6.07) is 5.02. The Balaban J connectivity index is 2.63. The van der Waals surface area contributed by atoms with Crippen molar-refractivity contribution in [2.24, 2.45) is 0 Å². The molecule has 0 fully saturated rings. The number of ether oxygens (including phenoxy) is 1. The van der Waals surface area contributed by atoms with Crippen LogP contribution in [-0.2, 0) is 6.18 Å². The number of nitrogens with zero attached hydrogens (tertiary/aromatic N) is 1. The summed E-state index contributed by atoms with van der Waals surface area (Å²) >= 11 is 0. The predicted molar refractivity (Wildman–Crippen MR) is 69.4 cm³/mol. The summed E-state index contributed by atoms with van der Waals surface area (Å²) in [6.07, 6.45) is -2.89. The Morgan fingerprint density at radius 2 is 2.05 bits per heavy atom. The molecule has 0 spiro atoms. The zero-order valence-electron chi connectivity index (χ0n) is 11.3. The second-order valence-electron chi connectivity index (χ2n) is 4.27. The molecule has 0 bridgehead atoms. The number of alkyl halides is 3.